The van der Waals surface area contributed by atoms with Crippen LogP contribution in [0.25, 0.3) is 0 Å². The predicted molar refractivity (Wildman–Crippen MR) is 81.9 cm³/mol. The SMILES string of the molecule is COc1ccc(C=N[C@@H](CCCN=C(N)N)C(=O)O)cc1. The topological polar surface area (TPSA) is 123 Å². The zero-order chi connectivity index (χ0) is 15.7. The number of hydrogen-bond donors (Lipinski definition) is 3. The average molecular weight is 292 g/mol. The van der Waals surface area contributed by atoms with Crippen LogP contribution in [-0.4, -0.2) is 42.9 Å². The van der Waals surface area contributed by atoms with Gasteiger partial charge in [-0.3, -0.25) is 9.98 Å². The van der Waals surface area contributed by atoms with E-state index in [1.807, 2.05) is 0 Å². The van der Waals surface area contributed by atoms with Gasteiger partial charge in [0.1, 0.15) is 11.8 Å². The fourth-order valence-corrected chi connectivity index (χ4v) is 1.62. The second kappa shape index (κ2) is 8.57. The lowest BCUT2D eigenvalue weighted by atomic mass is 10.1. The Morgan fingerprint density at radius 2 is 2.05 bits per heavy atom. The van der Waals surface area contributed by atoms with Crippen molar-refractivity contribution >= 4 is 18.1 Å². The number of benzene rings is 1. The lowest BCUT2D eigenvalue weighted by Gasteiger charge is -2.06. The monoisotopic (exact) mass is 292 g/mol. The predicted octanol–water partition coefficient (Wildman–Crippen LogP) is 0.621. The molecule has 0 aliphatic carbocycles. The van der Waals surface area contributed by atoms with Gasteiger partial charge in [0.05, 0.1) is 7.11 Å². The van der Waals surface area contributed by atoms with E-state index in [-0.39, 0.29) is 5.96 Å². The summed E-state index contributed by atoms with van der Waals surface area (Å²) in [5.41, 5.74) is 11.2. The largest absolute Gasteiger partial charge is 0.497 e. The Morgan fingerprint density at radius 1 is 1.38 bits per heavy atom. The molecular formula is C14H20N4O3. The van der Waals surface area contributed by atoms with Gasteiger partial charge in [-0.15, -0.1) is 0 Å². The number of carboxylic acid groups (broad SMARTS) is 1. The third-order valence-corrected chi connectivity index (χ3v) is 2.73. The van der Waals surface area contributed by atoms with Gasteiger partial charge < -0.3 is 21.3 Å². The normalized spacial score (nSPS) is 12.0. The van der Waals surface area contributed by atoms with Crippen molar-refractivity contribution in [2.75, 3.05) is 13.7 Å². The number of carbonyl (C=O) groups is 1. The molecule has 5 N–H and O–H groups in total. The number of carboxylic acids is 1. The summed E-state index contributed by atoms with van der Waals surface area (Å²) in [6, 6.07) is 6.38. The van der Waals surface area contributed by atoms with Crippen LogP contribution in [0.2, 0.25) is 0 Å². The highest BCUT2D eigenvalue weighted by Gasteiger charge is 2.14. The van der Waals surface area contributed by atoms with Crippen molar-refractivity contribution in [3.8, 4) is 5.75 Å². The number of methoxy groups -OCH3 is 1. The number of rotatable bonds is 8. The van der Waals surface area contributed by atoms with Gasteiger partial charge in [0.2, 0.25) is 0 Å². The molecule has 0 radical (unpaired) electrons. The third-order valence-electron chi connectivity index (χ3n) is 2.73. The van der Waals surface area contributed by atoms with E-state index in [0.717, 1.165) is 11.3 Å². The number of aliphatic imine (C=N–C) groups is 2. The summed E-state index contributed by atoms with van der Waals surface area (Å²) in [5, 5.41) is 9.12. The standard InChI is InChI=1S/C14H20N4O3/c1-21-11-6-4-10(5-7-11)9-18-12(13(19)20)3-2-8-17-14(15)16/h4-7,9,12H,2-3,8H2,1H3,(H,19,20)(H4,15,16,17)/t12-/m0/s1. The van der Waals surface area contributed by atoms with Crippen LogP contribution in [0.15, 0.2) is 34.3 Å². The smallest absolute Gasteiger partial charge is 0.328 e. The van der Waals surface area contributed by atoms with Crippen LogP contribution in [-0.2, 0) is 4.79 Å². The molecule has 1 atom stereocenters. The highest BCUT2D eigenvalue weighted by Crippen LogP contribution is 2.10. The molecular weight excluding hydrogens is 272 g/mol. The van der Waals surface area contributed by atoms with E-state index < -0.39 is 12.0 Å². The molecule has 21 heavy (non-hydrogen) atoms. The molecule has 0 aromatic heterocycles. The van der Waals surface area contributed by atoms with Gasteiger partial charge in [0.15, 0.2) is 5.96 Å². The van der Waals surface area contributed by atoms with Gasteiger partial charge in [-0.1, -0.05) is 0 Å². The van der Waals surface area contributed by atoms with Gasteiger partial charge in [0.25, 0.3) is 0 Å². The minimum atomic E-state index is -0.968. The minimum Gasteiger partial charge on any atom is -0.497 e. The summed E-state index contributed by atoms with van der Waals surface area (Å²) < 4.78 is 5.05. The van der Waals surface area contributed by atoms with E-state index >= 15 is 0 Å². The van der Waals surface area contributed by atoms with E-state index in [2.05, 4.69) is 9.98 Å². The highest BCUT2D eigenvalue weighted by atomic mass is 16.5. The van der Waals surface area contributed by atoms with Crippen molar-refractivity contribution < 1.29 is 14.6 Å². The van der Waals surface area contributed by atoms with Crippen molar-refractivity contribution in [2.45, 2.75) is 18.9 Å². The van der Waals surface area contributed by atoms with E-state index in [9.17, 15) is 4.79 Å². The second-order valence-corrected chi connectivity index (χ2v) is 4.35. The molecule has 7 heteroatoms. The minimum absolute atomic E-state index is 0.00334. The Morgan fingerprint density at radius 3 is 2.57 bits per heavy atom. The van der Waals surface area contributed by atoms with Crippen molar-refractivity contribution in [3.05, 3.63) is 29.8 Å². The third kappa shape index (κ3) is 6.42. The number of nitrogens with zero attached hydrogens (tertiary/aromatic N) is 2. The maximum atomic E-state index is 11.1. The fourth-order valence-electron chi connectivity index (χ4n) is 1.62. The first kappa shape index (κ1) is 16.5. The summed E-state index contributed by atoms with van der Waals surface area (Å²) in [6.07, 6.45) is 2.46. The second-order valence-electron chi connectivity index (χ2n) is 4.35. The molecule has 0 bridgehead atoms. The molecule has 7 nitrogen and oxygen atoms in total. The zero-order valence-electron chi connectivity index (χ0n) is 11.9. The fraction of sp³-hybridized carbons (Fsp3) is 0.357. The van der Waals surface area contributed by atoms with Crippen LogP contribution >= 0.6 is 0 Å². The van der Waals surface area contributed by atoms with Gasteiger partial charge >= 0.3 is 5.97 Å². The Balaban J connectivity index is 2.58. The van der Waals surface area contributed by atoms with Crippen molar-refractivity contribution in [3.63, 3.8) is 0 Å². The first-order chi connectivity index (χ1) is 10.0. The van der Waals surface area contributed by atoms with E-state index in [1.54, 1.807) is 37.6 Å². The number of guanidine groups is 1. The molecule has 0 amide bonds. The zero-order valence-corrected chi connectivity index (χ0v) is 11.9. The lowest BCUT2D eigenvalue weighted by molar-refractivity contribution is -0.138. The van der Waals surface area contributed by atoms with E-state index in [4.69, 9.17) is 21.3 Å². The van der Waals surface area contributed by atoms with Gasteiger partial charge in [0, 0.05) is 12.8 Å². The van der Waals surface area contributed by atoms with Crippen LogP contribution in [0.4, 0.5) is 0 Å². The maximum absolute atomic E-state index is 11.1. The molecule has 0 heterocycles. The molecule has 1 aromatic rings. The summed E-state index contributed by atoms with van der Waals surface area (Å²) in [4.78, 5) is 19.0. The van der Waals surface area contributed by atoms with Gasteiger partial charge in [-0.25, -0.2) is 4.79 Å². The van der Waals surface area contributed by atoms with E-state index in [0.29, 0.717) is 19.4 Å². The Bertz CT molecular complexity index is 507. The highest BCUT2D eigenvalue weighted by molar-refractivity contribution is 5.83. The molecule has 0 spiro atoms. The van der Waals surface area contributed by atoms with Crippen molar-refractivity contribution in [1.82, 2.24) is 0 Å². The quantitative estimate of drug-likeness (QED) is 0.368. The summed E-state index contributed by atoms with van der Waals surface area (Å²) >= 11 is 0. The van der Waals surface area contributed by atoms with Crippen molar-refractivity contribution in [2.24, 2.45) is 21.5 Å². The summed E-state index contributed by atoms with van der Waals surface area (Å²) in [5.74, 6) is -0.229. The Labute approximate surface area is 123 Å². The molecule has 0 saturated heterocycles. The van der Waals surface area contributed by atoms with E-state index in [1.165, 1.54) is 0 Å². The van der Waals surface area contributed by atoms with Crippen LogP contribution in [0, 0.1) is 0 Å². The van der Waals surface area contributed by atoms with Crippen LogP contribution in [0.1, 0.15) is 18.4 Å². The number of hydrogen-bond acceptors (Lipinski definition) is 4. The summed E-state index contributed by atoms with van der Waals surface area (Å²) in [6.45, 7) is 0.393. The average Bonchev–Trinajstić information content (AvgIpc) is 2.46. The molecule has 1 rings (SSSR count). The molecule has 114 valence electrons. The number of ether oxygens (including phenoxy) is 1. The van der Waals surface area contributed by atoms with Crippen LogP contribution in [0.3, 0.4) is 0 Å². The Kier molecular flexibility index (Phi) is 6.73. The molecule has 0 saturated carbocycles. The van der Waals surface area contributed by atoms with Gasteiger partial charge in [-0.2, -0.15) is 0 Å². The molecule has 0 fully saturated rings. The molecule has 1 aromatic carbocycles. The lowest BCUT2D eigenvalue weighted by Crippen LogP contribution is -2.23. The Hall–Kier alpha value is -2.57. The van der Waals surface area contributed by atoms with Gasteiger partial charge in [-0.05, 0) is 42.7 Å². The number of nitrogens with two attached hydrogens (primary N) is 2. The molecule has 0 aliphatic rings. The first-order valence-corrected chi connectivity index (χ1v) is 6.48. The maximum Gasteiger partial charge on any atom is 0.328 e. The first-order valence-electron chi connectivity index (χ1n) is 6.48. The van der Waals surface area contributed by atoms with Crippen LogP contribution < -0.4 is 16.2 Å². The van der Waals surface area contributed by atoms with Crippen LogP contribution in [0.5, 0.6) is 5.75 Å². The van der Waals surface area contributed by atoms with Crippen molar-refractivity contribution in [1.29, 1.82) is 0 Å². The molecule has 0 aliphatic heterocycles. The number of aliphatic carboxylic acids is 1. The molecule has 0 unspecified atom stereocenters. The summed E-state index contributed by atoms with van der Waals surface area (Å²) in [7, 11) is 1.58.